The van der Waals surface area contributed by atoms with E-state index in [2.05, 4.69) is 5.32 Å². The quantitative estimate of drug-likeness (QED) is 0.899. The second-order valence-corrected chi connectivity index (χ2v) is 5.02. The second-order valence-electron chi connectivity index (χ2n) is 5.02. The minimum Gasteiger partial charge on any atom is -0.490 e. The number of carbonyl (C=O) groups excluding carboxylic acids is 1. The Kier molecular flexibility index (Phi) is 4.29. The van der Waals surface area contributed by atoms with Gasteiger partial charge in [-0.2, -0.15) is 0 Å². The Balaban J connectivity index is 1.63. The van der Waals surface area contributed by atoms with Crippen LogP contribution in [-0.4, -0.2) is 19.1 Å². The highest BCUT2D eigenvalue weighted by molar-refractivity contribution is 5.93. The van der Waals surface area contributed by atoms with Crippen LogP contribution in [0.4, 0.5) is 0 Å². The lowest BCUT2D eigenvalue weighted by atomic mass is 10.2. The zero-order valence-corrected chi connectivity index (χ0v) is 12.1. The number of nitrogens with one attached hydrogen (secondary N) is 1. The van der Waals surface area contributed by atoms with Crippen LogP contribution in [0.3, 0.4) is 0 Å². The first-order valence-electron chi connectivity index (χ1n) is 7.20. The molecule has 0 aliphatic carbocycles. The molecule has 1 aromatic heterocycles. The molecule has 3 rings (SSSR count). The summed E-state index contributed by atoms with van der Waals surface area (Å²) in [5.74, 6) is 1.85. The Morgan fingerprint density at radius 3 is 2.77 bits per heavy atom. The van der Waals surface area contributed by atoms with Crippen molar-refractivity contribution in [2.45, 2.75) is 19.5 Å². The van der Waals surface area contributed by atoms with Gasteiger partial charge in [-0.1, -0.05) is 6.07 Å². The third-order valence-electron chi connectivity index (χ3n) is 3.38. The summed E-state index contributed by atoms with van der Waals surface area (Å²) in [7, 11) is 0. The lowest BCUT2D eigenvalue weighted by molar-refractivity contribution is 0.0950. The standard InChI is InChI=1S/C16H18N2O4/c17-8-13-7-12(10-22-13)16(19)18-9-11-2-3-14-15(6-11)21-5-1-4-20-14/h2-3,6-7,10H,1,4-5,8-9,17H2,(H,18,19). The number of furan rings is 1. The van der Waals surface area contributed by atoms with Crippen molar-refractivity contribution in [3.63, 3.8) is 0 Å². The van der Waals surface area contributed by atoms with Crippen LogP contribution < -0.4 is 20.5 Å². The van der Waals surface area contributed by atoms with E-state index in [1.807, 2.05) is 18.2 Å². The van der Waals surface area contributed by atoms with Crippen molar-refractivity contribution >= 4 is 5.91 Å². The maximum atomic E-state index is 12.0. The first-order chi connectivity index (χ1) is 10.8. The molecule has 1 aliphatic heterocycles. The van der Waals surface area contributed by atoms with Crippen LogP contribution in [0.15, 0.2) is 34.9 Å². The summed E-state index contributed by atoms with van der Waals surface area (Å²) in [5, 5.41) is 2.84. The second kappa shape index (κ2) is 6.53. The number of benzene rings is 1. The minimum atomic E-state index is -0.199. The predicted octanol–water partition coefficient (Wildman–Crippen LogP) is 1.83. The van der Waals surface area contributed by atoms with Gasteiger partial charge in [0.05, 0.1) is 25.3 Å². The molecule has 1 aromatic carbocycles. The summed E-state index contributed by atoms with van der Waals surface area (Å²) >= 11 is 0. The first-order valence-corrected chi connectivity index (χ1v) is 7.20. The molecule has 0 unspecified atom stereocenters. The van der Waals surface area contributed by atoms with Crippen molar-refractivity contribution in [2.75, 3.05) is 13.2 Å². The Morgan fingerprint density at radius 2 is 2.00 bits per heavy atom. The van der Waals surface area contributed by atoms with Gasteiger partial charge in [0.15, 0.2) is 11.5 Å². The van der Waals surface area contributed by atoms with Gasteiger partial charge in [-0.3, -0.25) is 4.79 Å². The van der Waals surface area contributed by atoms with Crippen LogP contribution in [-0.2, 0) is 13.1 Å². The topological polar surface area (TPSA) is 86.7 Å². The molecule has 116 valence electrons. The summed E-state index contributed by atoms with van der Waals surface area (Å²) in [6, 6.07) is 7.31. The highest BCUT2D eigenvalue weighted by atomic mass is 16.5. The Labute approximate surface area is 128 Å². The average molecular weight is 302 g/mol. The van der Waals surface area contributed by atoms with Crippen molar-refractivity contribution in [1.82, 2.24) is 5.32 Å². The normalized spacial score (nSPS) is 13.5. The van der Waals surface area contributed by atoms with Gasteiger partial charge in [0.2, 0.25) is 0 Å². The molecule has 0 saturated heterocycles. The third-order valence-corrected chi connectivity index (χ3v) is 3.38. The number of hydrogen-bond donors (Lipinski definition) is 2. The van der Waals surface area contributed by atoms with Crippen molar-refractivity contribution in [3.8, 4) is 11.5 Å². The third kappa shape index (κ3) is 3.23. The maximum absolute atomic E-state index is 12.0. The van der Waals surface area contributed by atoms with E-state index in [1.165, 1.54) is 6.26 Å². The SMILES string of the molecule is NCc1cc(C(=O)NCc2ccc3c(c2)OCCCO3)co1. The maximum Gasteiger partial charge on any atom is 0.254 e. The fraction of sp³-hybridized carbons (Fsp3) is 0.312. The highest BCUT2D eigenvalue weighted by Gasteiger charge is 2.12. The molecule has 0 radical (unpaired) electrons. The van der Waals surface area contributed by atoms with E-state index in [0.29, 0.717) is 31.1 Å². The van der Waals surface area contributed by atoms with Crippen LogP contribution in [0.1, 0.15) is 28.1 Å². The molecule has 0 fully saturated rings. The number of nitrogens with two attached hydrogens (primary N) is 1. The van der Waals surface area contributed by atoms with Crippen molar-refractivity contribution in [1.29, 1.82) is 0 Å². The molecule has 0 spiro atoms. The lowest BCUT2D eigenvalue weighted by Gasteiger charge is -2.09. The number of hydrogen-bond acceptors (Lipinski definition) is 5. The molecule has 2 aromatic rings. The molecule has 0 atom stereocenters. The largest absolute Gasteiger partial charge is 0.490 e. The summed E-state index contributed by atoms with van der Waals surface area (Å²) < 4.78 is 16.4. The van der Waals surface area contributed by atoms with Crippen molar-refractivity contribution < 1.29 is 18.7 Å². The molecule has 1 aliphatic rings. The Morgan fingerprint density at radius 1 is 1.18 bits per heavy atom. The van der Waals surface area contributed by atoms with Gasteiger partial charge in [0.25, 0.3) is 5.91 Å². The van der Waals surface area contributed by atoms with Crippen molar-refractivity contribution in [3.05, 3.63) is 47.4 Å². The van der Waals surface area contributed by atoms with Crippen molar-refractivity contribution in [2.24, 2.45) is 5.73 Å². The van der Waals surface area contributed by atoms with E-state index >= 15 is 0 Å². The molecule has 1 amide bonds. The van der Waals surface area contributed by atoms with E-state index in [-0.39, 0.29) is 12.5 Å². The summed E-state index contributed by atoms with van der Waals surface area (Å²) in [6.45, 7) is 1.97. The van der Waals surface area contributed by atoms with E-state index in [4.69, 9.17) is 19.6 Å². The van der Waals surface area contributed by atoms with Gasteiger partial charge in [0, 0.05) is 13.0 Å². The van der Waals surface area contributed by atoms with Crippen LogP contribution in [0, 0.1) is 0 Å². The summed E-state index contributed by atoms with van der Waals surface area (Å²) in [5.41, 5.74) is 6.87. The average Bonchev–Trinajstić information content (AvgIpc) is 2.91. The Hall–Kier alpha value is -2.47. The lowest BCUT2D eigenvalue weighted by Crippen LogP contribution is -2.22. The van der Waals surface area contributed by atoms with Gasteiger partial charge in [-0.15, -0.1) is 0 Å². The highest BCUT2D eigenvalue weighted by Crippen LogP contribution is 2.30. The molecular formula is C16H18N2O4. The number of rotatable bonds is 4. The molecule has 22 heavy (non-hydrogen) atoms. The van der Waals surface area contributed by atoms with Crippen LogP contribution >= 0.6 is 0 Å². The number of fused-ring (bicyclic) bond motifs is 1. The van der Waals surface area contributed by atoms with Gasteiger partial charge in [-0.05, 0) is 23.8 Å². The molecule has 2 heterocycles. The zero-order chi connectivity index (χ0) is 15.4. The van der Waals surface area contributed by atoms with Crippen LogP contribution in [0.25, 0.3) is 0 Å². The van der Waals surface area contributed by atoms with E-state index in [1.54, 1.807) is 6.07 Å². The van der Waals surface area contributed by atoms with E-state index in [9.17, 15) is 4.79 Å². The monoisotopic (exact) mass is 302 g/mol. The molecule has 0 saturated carbocycles. The molecule has 6 nitrogen and oxygen atoms in total. The molecule has 6 heteroatoms. The minimum absolute atomic E-state index is 0.199. The van der Waals surface area contributed by atoms with Crippen LogP contribution in [0.2, 0.25) is 0 Å². The number of amides is 1. The van der Waals surface area contributed by atoms with Gasteiger partial charge >= 0.3 is 0 Å². The number of carbonyl (C=O) groups is 1. The molecule has 3 N–H and O–H groups in total. The predicted molar refractivity (Wildman–Crippen MR) is 79.8 cm³/mol. The summed E-state index contributed by atoms with van der Waals surface area (Å²) in [4.78, 5) is 12.0. The van der Waals surface area contributed by atoms with E-state index < -0.39 is 0 Å². The smallest absolute Gasteiger partial charge is 0.254 e. The number of ether oxygens (including phenoxy) is 2. The fourth-order valence-corrected chi connectivity index (χ4v) is 2.21. The van der Waals surface area contributed by atoms with E-state index in [0.717, 1.165) is 23.5 Å². The Bertz CT molecular complexity index is 666. The van der Waals surface area contributed by atoms with Gasteiger partial charge in [0.1, 0.15) is 12.0 Å². The molecule has 0 bridgehead atoms. The molecular weight excluding hydrogens is 284 g/mol. The first kappa shape index (κ1) is 14.5. The fourth-order valence-electron chi connectivity index (χ4n) is 2.21. The van der Waals surface area contributed by atoms with Gasteiger partial charge in [-0.25, -0.2) is 0 Å². The van der Waals surface area contributed by atoms with Crippen LogP contribution in [0.5, 0.6) is 11.5 Å². The zero-order valence-electron chi connectivity index (χ0n) is 12.1. The summed E-state index contributed by atoms with van der Waals surface area (Å²) in [6.07, 6.45) is 2.27. The van der Waals surface area contributed by atoms with Gasteiger partial charge < -0.3 is 24.9 Å².